The number of anilines is 2. The molecule has 1 amide bonds. The van der Waals surface area contributed by atoms with E-state index in [1.165, 1.54) is 51.4 Å². The van der Waals surface area contributed by atoms with Crippen molar-refractivity contribution >= 4 is 17.7 Å². The van der Waals surface area contributed by atoms with Crippen LogP contribution in [0.3, 0.4) is 0 Å². The summed E-state index contributed by atoms with van der Waals surface area (Å²) in [5, 5.41) is 0. The Balaban J connectivity index is 1.29. The van der Waals surface area contributed by atoms with Crippen LogP contribution in [0.1, 0.15) is 69.9 Å². The maximum absolute atomic E-state index is 12.7. The van der Waals surface area contributed by atoms with E-state index in [9.17, 15) is 4.79 Å². The van der Waals surface area contributed by atoms with Crippen LogP contribution in [0, 0.1) is 12.8 Å². The highest BCUT2D eigenvalue weighted by Gasteiger charge is 2.24. The molecule has 0 unspecified atom stereocenters. The maximum Gasteiger partial charge on any atom is 0.227 e. The fraction of sp³-hybridized carbons (Fsp3) is 0.783. The van der Waals surface area contributed by atoms with E-state index < -0.39 is 0 Å². The monoisotopic (exact) mass is 399 g/mol. The number of amides is 1. The lowest BCUT2D eigenvalue weighted by molar-refractivity contribution is -0.131. The third-order valence-corrected chi connectivity index (χ3v) is 6.92. The molecule has 6 nitrogen and oxygen atoms in total. The third-order valence-electron chi connectivity index (χ3n) is 6.92. The molecule has 0 spiro atoms. The Bertz CT molecular complexity index is 674. The molecule has 2 saturated heterocycles. The van der Waals surface area contributed by atoms with Crippen LogP contribution in [0.5, 0.6) is 0 Å². The molecule has 0 atom stereocenters. The van der Waals surface area contributed by atoms with Crippen LogP contribution in [-0.4, -0.2) is 60.0 Å². The first-order valence-corrected chi connectivity index (χ1v) is 11.8. The summed E-state index contributed by atoms with van der Waals surface area (Å²) in [6, 6.07) is 2.11. The number of carbonyl (C=O) groups excluding carboxylic acids is 1. The molecule has 2 aliphatic heterocycles. The summed E-state index contributed by atoms with van der Waals surface area (Å²) < 4.78 is 0. The molecule has 3 heterocycles. The van der Waals surface area contributed by atoms with Gasteiger partial charge < -0.3 is 14.7 Å². The van der Waals surface area contributed by atoms with Gasteiger partial charge in [0.1, 0.15) is 5.82 Å². The lowest BCUT2D eigenvalue weighted by Gasteiger charge is -2.36. The molecule has 0 radical (unpaired) electrons. The van der Waals surface area contributed by atoms with Gasteiger partial charge in [0, 0.05) is 57.4 Å². The molecule has 1 saturated carbocycles. The highest BCUT2D eigenvalue weighted by Crippen LogP contribution is 2.28. The van der Waals surface area contributed by atoms with Gasteiger partial charge in [-0.05, 0) is 38.5 Å². The minimum Gasteiger partial charge on any atom is -0.356 e. The van der Waals surface area contributed by atoms with Gasteiger partial charge in [-0.2, -0.15) is 4.98 Å². The van der Waals surface area contributed by atoms with Crippen LogP contribution >= 0.6 is 0 Å². The van der Waals surface area contributed by atoms with E-state index in [4.69, 9.17) is 9.97 Å². The predicted octanol–water partition coefficient (Wildman–Crippen LogP) is 3.78. The van der Waals surface area contributed by atoms with Crippen molar-refractivity contribution in [1.82, 2.24) is 14.9 Å². The lowest BCUT2D eigenvalue weighted by Crippen LogP contribution is -2.49. The molecule has 0 N–H and O–H groups in total. The Morgan fingerprint density at radius 2 is 1.59 bits per heavy atom. The normalized spacial score (nSPS) is 21.5. The molecule has 6 heteroatoms. The fourth-order valence-electron chi connectivity index (χ4n) is 5.08. The second kappa shape index (κ2) is 9.77. The van der Waals surface area contributed by atoms with Gasteiger partial charge in [0.05, 0.1) is 0 Å². The molecule has 0 bridgehead atoms. The summed E-state index contributed by atoms with van der Waals surface area (Å²) in [5.74, 6) is 3.02. The summed E-state index contributed by atoms with van der Waals surface area (Å²) in [5.41, 5.74) is 1.03. The van der Waals surface area contributed by atoms with Crippen molar-refractivity contribution in [3.8, 4) is 0 Å². The quantitative estimate of drug-likeness (QED) is 0.754. The van der Waals surface area contributed by atoms with Crippen molar-refractivity contribution in [3.63, 3.8) is 0 Å². The molecule has 1 aromatic rings. The number of piperazine rings is 1. The number of piperidine rings is 1. The summed E-state index contributed by atoms with van der Waals surface area (Å²) in [4.78, 5) is 29.0. The van der Waals surface area contributed by atoms with Crippen LogP contribution in [-0.2, 0) is 4.79 Å². The van der Waals surface area contributed by atoms with Crippen LogP contribution in [0.2, 0.25) is 0 Å². The molecule has 1 aromatic heterocycles. The minimum absolute atomic E-state index is 0.342. The van der Waals surface area contributed by atoms with E-state index in [0.29, 0.717) is 5.91 Å². The first-order valence-electron chi connectivity index (χ1n) is 11.8. The zero-order valence-corrected chi connectivity index (χ0v) is 18.1. The first kappa shape index (κ1) is 20.4. The van der Waals surface area contributed by atoms with Gasteiger partial charge in [-0.15, -0.1) is 0 Å². The first-order chi connectivity index (χ1) is 14.2. The van der Waals surface area contributed by atoms with Crippen molar-refractivity contribution in [2.45, 2.75) is 71.1 Å². The predicted molar refractivity (Wildman–Crippen MR) is 117 cm³/mol. The molecular formula is C23H37N5O. The van der Waals surface area contributed by atoms with E-state index >= 15 is 0 Å². The number of carbonyl (C=O) groups is 1. The Morgan fingerprint density at radius 1 is 0.897 bits per heavy atom. The van der Waals surface area contributed by atoms with E-state index in [1.54, 1.807) is 0 Å². The lowest BCUT2D eigenvalue weighted by atomic mass is 9.86. The van der Waals surface area contributed by atoms with Gasteiger partial charge in [0.15, 0.2) is 0 Å². The number of rotatable bonds is 5. The number of aromatic nitrogens is 2. The Hall–Kier alpha value is -1.85. The fourth-order valence-corrected chi connectivity index (χ4v) is 5.08. The largest absolute Gasteiger partial charge is 0.356 e. The van der Waals surface area contributed by atoms with E-state index in [1.807, 2.05) is 0 Å². The summed E-state index contributed by atoms with van der Waals surface area (Å²) >= 11 is 0. The van der Waals surface area contributed by atoms with Crippen molar-refractivity contribution in [2.24, 2.45) is 5.92 Å². The third kappa shape index (κ3) is 5.40. The Morgan fingerprint density at radius 3 is 2.31 bits per heavy atom. The summed E-state index contributed by atoms with van der Waals surface area (Å²) in [6.07, 6.45) is 12.4. The number of aryl methyl sites for hydroxylation is 1. The molecular weight excluding hydrogens is 362 g/mol. The molecule has 0 aromatic carbocycles. The topological polar surface area (TPSA) is 52.6 Å². The summed E-state index contributed by atoms with van der Waals surface area (Å²) in [7, 11) is 0. The van der Waals surface area contributed by atoms with Crippen molar-refractivity contribution < 1.29 is 4.79 Å². The average Bonchev–Trinajstić information content (AvgIpc) is 2.78. The van der Waals surface area contributed by atoms with Gasteiger partial charge in [-0.3, -0.25) is 4.79 Å². The molecule has 160 valence electrons. The van der Waals surface area contributed by atoms with E-state index in [2.05, 4.69) is 27.7 Å². The maximum atomic E-state index is 12.7. The smallest absolute Gasteiger partial charge is 0.227 e. The van der Waals surface area contributed by atoms with Crippen LogP contribution in [0.4, 0.5) is 11.8 Å². The van der Waals surface area contributed by atoms with Crippen molar-refractivity contribution in [2.75, 3.05) is 49.1 Å². The molecule has 3 aliphatic rings. The SMILES string of the molecule is Cc1cc(N2CCCCC2)nc(N2CCN(C(=O)CCC3CCCCC3)CC2)n1. The summed E-state index contributed by atoms with van der Waals surface area (Å²) in [6.45, 7) is 7.50. The van der Waals surface area contributed by atoms with E-state index in [-0.39, 0.29) is 0 Å². The second-order valence-corrected chi connectivity index (χ2v) is 9.13. The Labute approximate surface area is 175 Å². The highest BCUT2D eigenvalue weighted by atomic mass is 16.2. The molecule has 3 fully saturated rings. The van der Waals surface area contributed by atoms with Gasteiger partial charge >= 0.3 is 0 Å². The molecule has 4 rings (SSSR count). The average molecular weight is 400 g/mol. The second-order valence-electron chi connectivity index (χ2n) is 9.13. The van der Waals surface area contributed by atoms with Gasteiger partial charge in [-0.25, -0.2) is 4.98 Å². The van der Waals surface area contributed by atoms with Gasteiger partial charge in [0.2, 0.25) is 11.9 Å². The van der Waals surface area contributed by atoms with Gasteiger partial charge in [0.25, 0.3) is 0 Å². The number of nitrogens with zero attached hydrogens (tertiary/aromatic N) is 5. The van der Waals surface area contributed by atoms with Crippen LogP contribution in [0.15, 0.2) is 6.07 Å². The number of hydrogen-bond acceptors (Lipinski definition) is 5. The minimum atomic E-state index is 0.342. The zero-order chi connectivity index (χ0) is 20.1. The zero-order valence-electron chi connectivity index (χ0n) is 18.1. The standard InChI is InChI=1S/C23H37N5O/c1-19-18-21(26-12-6-3-7-13-26)25-23(24-19)28-16-14-27(15-17-28)22(29)11-10-20-8-4-2-5-9-20/h18,20H,2-17H2,1H3. The number of hydrogen-bond donors (Lipinski definition) is 0. The van der Waals surface area contributed by atoms with Gasteiger partial charge in [-0.1, -0.05) is 32.1 Å². The van der Waals surface area contributed by atoms with Crippen molar-refractivity contribution in [3.05, 3.63) is 11.8 Å². The van der Waals surface area contributed by atoms with Crippen LogP contribution < -0.4 is 9.80 Å². The molecule has 1 aliphatic carbocycles. The van der Waals surface area contributed by atoms with Crippen LogP contribution in [0.25, 0.3) is 0 Å². The molecule has 29 heavy (non-hydrogen) atoms. The van der Waals surface area contributed by atoms with E-state index in [0.717, 1.165) is 75.5 Å². The Kier molecular flexibility index (Phi) is 6.88. The van der Waals surface area contributed by atoms with Crippen molar-refractivity contribution in [1.29, 1.82) is 0 Å². The highest BCUT2D eigenvalue weighted by molar-refractivity contribution is 5.76.